The van der Waals surface area contributed by atoms with Crippen molar-refractivity contribution in [2.24, 2.45) is 5.73 Å². The normalized spacial score (nSPS) is 15.2. The van der Waals surface area contributed by atoms with Gasteiger partial charge >= 0.3 is 5.97 Å². The number of carbonyl (C=O) groups excluding carboxylic acids is 3. The number of nitrogens with two attached hydrogens (primary N) is 1. The number of methoxy groups -OCH3 is 1. The fourth-order valence-corrected chi connectivity index (χ4v) is 3.76. The summed E-state index contributed by atoms with van der Waals surface area (Å²) in [6, 6.07) is 2.54. The van der Waals surface area contributed by atoms with Crippen LogP contribution < -0.4 is 11.1 Å². The SMILES string of the molecule is COC(CC(N)=O)n1nc(C(=O)OC2CCCCC2)cc1NC(=O)c1cc(F)c(F)cc1Cl. The zero-order valence-corrected chi connectivity index (χ0v) is 18.5. The highest BCUT2D eigenvalue weighted by atomic mass is 35.5. The van der Waals surface area contributed by atoms with Crippen LogP contribution in [0.15, 0.2) is 18.2 Å². The van der Waals surface area contributed by atoms with E-state index in [1.54, 1.807) is 0 Å². The van der Waals surface area contributed by atoms with Gasteiger partial charge in [0.1, 0.15) is 11.9 Å². The largest absolute Gasteiger partial charge is 0.458 e. The lowest BCUT2D eigenvalue weighted by molar-refractivity contribution is -0.122. The molecule has 178 valence electrons. The number of halogens is 3. The third-order valence-corrected chi connectivity index (χ3v) is 5.50. The van der Waals surface area contributed by atoms with Gasteiger partial charge in [-0.25, -0.2) is 18.3 Å². The molecule has 0 saturated heterocycles. The average Bonchev–Trinajstić information content (AvgIpc) is 3.18. The number of esters is 1. The Labute approximate surface area is 193 Å². The summed E-state index contributed by atoms with van der Waals surface area (Å²) >= 11 is 5.88. The predicted molar refractivity (Wildman–Crippen MR) is 114 cm³/mol. The van der Waals surface area contributed by atoms with E-state index in [-0.39, 0.29) is 34.6 Å². The molecule has 1 aliphatic carbocycles. The summed E-state index contributed by atoms with van der Waals surface area (Å²) in [5, 5.41) is 6.23. The molecule has 1 aliphatic rings. The van der Waals surface area contributed by atoms with Gasteiger partial charge in [0.05, 0.1) is 17.0 Å². The van der Waals surface area contributed by atoms with Gasteiger partial charge in [0.15, 0.2) is 23.6 Å². The lowest BCUT2D eigenvalue weighted by atomic mass is 9.98. The summed E-state index contributed by atoms with van der Waals surface area (Å²) in [6.45, 7) is 0. The summed E-state index contributed by atoms with van der Waals surface area (Å²) in [6.07, 6.45) is 2.85. The Hall–Kier alpha value is -3.05. The number of anilines is 1. The molecule has 1 unspecified atom stereocenters. The highest BCUT2D eigenvalue weighted by Gasteiger charge is 2.26. The first-order chi connectivity index (χ1) is 15.7. The van der Waals surface area contributed by atoms with Crippen molar-refractivity contribution in [2.75, 3.05) is 12.4 Å². The number of rotatable bonds is 8. The summed E-state index contributed by atoms with van der Waals surface area (Å²) in [5.74, 6) is -4.88. The molecule has 1 heterocycles. The summed E-state index contributed by atoms with van der Waals surface area (Å²) < 4.78 is 38.8. The standard InChI is InChI=1S/C21H23ClF2N4O5/c1-32-19(10-17(25)29)28-18(26-20(30)12-7-14(23)15(24)8-13(12)22)9-16(27-28)21(31)33-11-5-3-2-4-6-11/h7-9,11,19H,2-6,10H2,1H3,(H2,25,29)(H,26,30). The van der Waals surface area contributed by atoms with Crippen LogP contribution in [0.3, 0.4) is 0 Å². The van der Waals surface area contributed by atoms with Crippen molar-refractivity contribution in [3.8, 4) is 0 Å². The van der Waals surface area contributed by atoms with Gasteiger partial charge < -0.3 is 20.5 Å². The number of aromatic nitrogens is 2. The van der Waals surface area contributed by atoms with E-state index in [0.29, 0.717) is 12.1 Å². The third-order valence-electron chi connectivity index (χ3n) is 5.19. The fraction of sp³-hybridized carbons (Fsp3) is 0.429. The van der Waals surface area contributed by atoms with Crippen LogP contribution in [0.25, 0.3) is 0 Å². The van der Waals surface area contributed by atoms with E-state index in [2.05, 4.69) is 10.4 Å². The first kappa shape index (κ1) is 24.6. The first-order valence-electron chi connectivity index (χ1n) is 10.3. The number of benzene rings is 1. The van der Waals surface area contributed by atoms with Crippen LogP contribution in [0.2, 0.25) is 5.02 Å². The first-order valence-corrected chi connectivity index (χ1v) is 10.6. The molecule has 2 aromatic rings. The second-order valence-electron chi connectivity index (χ2n) is 7.59. The Morgan fingerprint density at radius 2 is 1.88 bits per heavy atom. The molecular weight excluding hydrogens is 462 g/mol. The monoisotopic (exact) mass is 484 g/mol. The van der Waals surface area contributed by atoms with Crippen LogP contribution >= 0.6 is 11.6 Å². The van der Waals surface area contributed by atoms with Gasteiger partial charge in [0.25, 0.3) is 5.91 Å². The van der Waals surface area contributed by atoms with Gasteiger partial charge in [-0.3, -0.25) is 9.59 Å². The van der Waals surface area contributed by atoms with E-state index in [1.807, 2.05) is 0 Å². The van der Waals surface area contributed by atoms with E-state index in [4.69, 9.17) is 26.8 Å². The molecule has 3 rings (SSSR count). The zero-order chi connectivity index (χ0) is 24.1. The minimum absolute atomic E-state index is 0.0653. The van der Waals surface area contributed by atoms with E-state index < -0.39 is 35.6 Å². The number of primary amides is 1. The molecule has 1 aromatic heterocycles. The molecule has 1 atom stereocenters. The van der Waals surface area contributed by atoms with Gasteiger partial charge in [-0.2, -0.15) is 5.10 Å². The number of hydrogen-bond acceptors (Lipinski definition) is 6. The lowest BCUT2D eigenvalue weighted by Gasteiger charge is -2.21. The summed E-state index contributed by atoms with van der Waals surface area (Å²) in [7, 11) is 1.28. The molecule has 1 saturated carbocycles. The highest BCUT2D eigenvalue weighted by Crippen LogP contribution is 2.26. The van der Waals surface area contributed by atoms with Crippen molar-refractivity contribution in [3.05, 3.63) is 46.1 Å². The van der Waals surface area contributed by atoms with Gasteiger partial charge in [-0.1, -0.05) is 18.0 Å². The number of hydrogen-bond donors (Lipinski definition) is 2. The number of nitrogens with one attached hydrogen (secondary N) is 1. The van der Waals surface area contributed by atoms with Crippen LogP contribution in [0, 0.1) is 11.6 Å². The van der Waals surface area contributed by atoms with Crippen LogP contribution in [0.1, 0.15) is 65.6 Å². The Morgan fingerprint density at radius 3 is 2.52 bits per heavy atom. The van der Waals surface area contributed by atoms with Crippen LogP contribution in [-0.4, -0.2) is 40.8 Å². The van der Waals surface area contributed by atoms with Gasteiger partial charge in [-0.05, 0) is 37.8 Å². The number of nitrogens with zero attached hydrogens (tertiary/aromatic N) is 2. The second kappa shape index (κ2) is 10.7. The van der Waals surface area contributed by atoms with Crippen LogP contribution in [-0.2, 0) is 14.3 Å². The maximum atomic E-state index is 13.6. The Morgan fingerprint density at radius 1 is 1.21 bits per heavy atom. The second-order valence-corrected chi connectivity index (χ2v) is 7.99. The topological polar surface area (TPSA) is 126 Å². The van der Waals surface area contributed by atoms with Crippen molar-refractivity contribution in [1.82, 2.24) is 9.78 Å². The molecule has 33 heavy (non-hydrogen) atoms. The van der Waals surface area contributed by atoms with Crippen molar-refractivity contribution >= 4 is 35.2 Å². The number of amides is 2. The molecule has 1 fully saturated rings. The smallest absolute Gasteiger partial charge is 0.359 e. The van der Waals surface area contributed by atoms with Crippen LogP contribution in [0.4, 0.5) is 14.6 Å². The van der Waals surface area contributed by atoms with Crippen molar-refractivity contribution < 1.29 is 32.6 Å². The van der Waals surface area contributed by atoms with Gasteiger partial charge in [0, 0.05) is 13.2 Å². The quantitative estimate of drug-likeness (QED) is 0.435. The molecule has 12 heteroatoms. The molecule has 3 N–H and O–H groups in total. The molecule has 0 spiro atoms. The van der Waals surface area contributed by atoms with Gasteiger partial charge in [-0.15, -0.1) is 0 Å². The minimum atomic E-state index is -1.27. The minimum Gasteiger partial charge on any atom is -0.458 e. The highest BCUT2D eigenvalue weighted by molar-refractivity contribution is 6.34. The van der Waals surface area contributed by atoms with E-state index >= 15 is 0 Å². The Kier molecular flexibility index (Phi) is 7.98. The fourth-order valence-electron chi connectivity index (χ4n) is 3.52. The van der Waals surface area contributed by atoms with Crippen molar-refractivity contribution in [3.63, 3.8) is 0 Å². The Balaban J connectivity index is 1.90. The predicted octanol–water partition coefficient (Wildman–Crippen LogP) is 3.58. The van der Waals surface area contributed by atoms with Crippen molar-refractivity contribution in [1.29, 1.82) is 0 Å². The summed E-state index contributed by atoms with van der Waals surface area (Å²) in [4.78, 5) is 36.8. The zero-order valence-electron chi connectivity index (χ0n) is 17.8. The molecular formula is C21H23ClF2N4O5. The molecule has 2 amide bonds. The Bertz CT molecular complexity index is 1060. The van der Waals surface area contributed by atoms with Gasteiger partial charge in [0.2, 0.25) is 5.91 Å². The van der Waals surface area contributed by atoms with E-state index in [9.17, 15) is 23.2 Å². The molecule has 1 aromatic carbocycles. The molecule has 0 bridgehead atoms. The molecule has 9 nitrogen and oxygen atoms in total. The number of carbonyl (C=O) groups is 3. The maximum Gasteiger partial charge on any atom is 0.359 e. The maximum absolute atomic E-state index is 13.6. The summed E-state index contributed by atoms with van der Waals surface area (Å²) in [5.41, 5.74) is 4.77. The van der Waals surface area contributed by atoms with Crippen molar-refractivity contribution in [2.45, 2.75) is 50.9 Å². The number of ether oxygens (including phenoxy) is 2. The average molecular weight is 485 g/mol. The molecule has 0 radical (unpaired) electrons. The van der Waals surface area contributed by atoms with E-state index in [0.717, 1.165) is 36.8 Å². The van der Waals surface area contributed by atoms with Crippen LogP contribution in [0.5, 0.6) is 0 Å². The lowest BCUT2D eigenvalue weighted by Crippen LogP contribution is -2.25. The third kappa shape index (κ3) is 6.05. The molecule has 0 aliphatic heterocycles. The van der Waals surface area contributed by atoms with E-state index in [1.165, 1.54) is 13.2 Å².